The van der Waals surface area contributed by atoms with Gasteiger partial charge in [-0.05, 0) is 71.1 Å². The van der Waals surface area contributed by atoms with Gasteiger partial charge in [0, 0.05) is 12.8 Å². The standard InChI is InChI=1S/C39H73NO4/c1-4-6-8-10-12-14-16-18-20-22-24-26-28-30-32-34-37(42)40(39(44)36(3)41)38(43)35-33-31-29-27-25-23-21-19-17-15-13-11-9-7-5-2/h18-21,36,39,41,44H,4-17,22-35H2,1-3H3/b20-18-,21-19-. The Hall–Kier alpha value is -1.46. The second kappa shape index (κ2) is 32.9. The first-order valence-corrected chi connectivity index (χ1v) is 19.0. The molecule has 2 unspecified atom stereocenters. The number of aliphatic hydroxyl groups excluding tert-OH is 2. The van der Waals surface area contributed by atoms with Gasteiger partial charge >= 0.3 is 0 Å². The molecule has 0 fully saturated rings. The van der Waals surface area contributed by atoms with E-state index in [4.69, 9.17) is 0 Å². The molecule has 0 aliphatic rings. The molecule has 0 aromatic rings. The molecular formula is C39H73NO4. The third-order valence-corrected chi connectivity index (χ3v) is 8.54. The second-order valence-corrected chi connectivity index (χ2v) is 13.0. The number of hydrogen-bond acceptors (Lipinski definition) is 4. The van der Waals surface area contributed by atoms with Crippen molar-refractivity contribution in [1.82, 2.24) is 4.90 Å². The van der Waals surface area contributed by atoms with Crippen LogP contribution in [0.15, 0.2) is 24.3 Å². The maximum atomic E-state index is 12.8. The molecule has 0 bridgehead atoms. The van der Waals surface area contributed by atoms with E-state index in [0.29, 0.717) is 12.8 Å². The predicted molar refractivity (Wildman–Crippen MR) is 188 cm³/mol. The minimum absolute atomic E-state index is 0.236. The Balaban J connectivity index is 3.98. The molecule has 44 heavy (non-hydrogen) atoms. The van der Waals surface area contributed by atoms with Crippen molar-refractivity contribution < 1.29 is 19.8 Å². The number of imide groups is 1. The average Bonchev–Trinajstić information content (AvgIpc) is 3.01. The highest BCUT2D eigenvalue weighted by Gasteiger charge is 2.30. The number of unbranched alkanes of at least 4 members (excludes halogenated alkanes) is 22. The summed E-state index contributed by atoms with van der Waals surface area (Å²) >= 11 is 0. The topological polar surface area (TPSA) is 77.8 Å². The molecule has 0 rings (SSSR count). The van der Waals surface area contributed by atoms with E-state index in [2.05, 4.69) is 38.2 Å². The van der Waals surface area contributed by atoms with Crippen molar-refractivity contribution in [3.05, 3.63) is 24.3 Å². The fourth-order valence-electron chi connectivity index (χ4n) is 5.58. The van der Waals surface area contributed by atoms with Crippen molar-refractivity contribution in [2.45, 2.75) is 213 Å². The van der Waals surface area contributed by atoms with Gasteiger partial charge in [-0.3, -0.25) is 14.5 Å². The highest BCUT2D eigenvalue weighted by molar-refractivity contribution is 5.95. The van der Waals surface area contributed by atoms with Crippen molar-refractivity contribution >= 4 is 11.8 Å². The lowest BCUT2D eigenvalue weighted by Crippen LogP contribution is -2.49. The molecule has 0 aliphatic heterocycles. The summed E-state index contributed by atoms with van der Waals surface area (Å²) in [5.41, 5.74) is 0. The summed E-state index contributed by atoms with van der Waals surface area (Å²) in [6.45, 7) is 5.93. The molecule has 2 N–H and O–H groups in total. The van der Waals surface area contributed by atoms with Crippen molar-refractivity contribution in [3.8, 4) is 0 Å². The molecule has 0 radical (unpaired) electrons. The minimum atomic E-state index is -1.47. The number of rotatable bonds is 32. The maximum Gasteiger partial charge on any atom is 0.231 e. The van der Waals surface area contributed by atoms with Crippen LogP contribution < -0.4 is 0 Å². The van der Waals surface area contributed by atoms with Crippen molar-refractivity contribution in [2.24, 2.45) is 0 Å². The zero-order valence-electron chi connectivity index (χ0n) is 29.4. The molecule has 5 nitrogen and oxygen atoms in total. The van der Waals surface area contributed by atoms with E-state index < -0.39 is 12.3 Å². The smallest absolute Gasteiger partial charge is 0.231 e. The number of allylic oxidation sites excluding steroid dienone is 4. The van der Waals surface area contributed by atoms with Gasteiger partial charge in [0.05, 0.1) is 6.10 Å². The van der Waals surface area contributed by atoms with Gasteiger partial charge in [0.2, 0.25) is 11.8 Å². The third kappa shape index (κ3) is 26.9. The third-order valence-electron chi connectivity index (χ3n) is 8.54. The molecular weight excluding hydrogens is 546 g/mol. The highest BCUT2D eigenvalue weighted by atomic mass is 16.3. The molecule has 0 heterocycles. The molecule has 258 valence electrons. The van der Waals surface area contributed by atoms with Crippen LogP contribution in [0.3, 0.4) is 0 Å². The van der Waals surface area contributed by atoms with Crippen molar-refractivity contribution in [2.75, 3.05) is 0 Å². The van der Waals surface area contributed by atoms with Gasteiger partial charge in [-0.15, -0.1) is 0 Å². The Morgan fingerprint density at radius 2 is 0.750 bits per heavy atom. The molecule has 0 saturated heterocycles. The zero-order valence-corrected chi connectivity index (χ0v) is 29.4. The van der Waals surface area contributed by atoms with Gasteiger partial charge in [-0.1, -0.05) is 141 Å². The lowest BCUT2D eigenvalue weighted by atomic mass is 10.1. The van der Waals surface area contributed by atoms with Crippen LogP contribution in [0.1, 0.15) is 201 Å². The van der Waals surface area contributed by atoms with Crippen LogP contribution in [-0.4, -0.2) is 39.3 Å². The van der Waals surface area contributed by atoms with Gasteiger partial charge in [-0.25, -0.2) is 0 Å². The first-order valence-electron chi connectivity index (χ1n) is 19.0. The Labute approximate surface area is 273 Å². The number of amides is 2. The van der Waals surface area contributed by atoms with E-state index in [1.54, 1.807) is 0 Å². The molecule has 2 amide bonds. The van der Waals surface area contributed by atoms with Crippen LogP contribution in [-0.2, 0) is 9.59 Å². The van der Waals surface area contributed by atoms with Crippen molar-refractivity contribution in [1.29, 1.82) is 0 Å². The highest BCUT2D eigenvalue weighted by Crippen LogP contribution is 2.16. The fourth-order valence-corrected chi connectivity index (χ4v) is 5.58. The predicted octanol–water partition coefficient (Wildman–Crippen LogP) is 11.1. The first kappa shape index (κ1) is 42.5. The van der Waals surface area contributed by atoms with E-state index in [0.717, 1.165) is 56.3 Å². The van der Waals surface area contributed by atoms with Crippen LogP contribution in [0.5, 0.6) is 0 Å². The summed E-state index contributed by atoms with van der Waals surface area (Å²) in [5, 5.41) is 20.3. The summed E-state index contributed by atoms with van der Waals surface area (Å²) in [6, 6.07) is 0. The lowest BCUT2D eigenvalue weighted by Gasteiger charge is -2.28. The Morgan fingerprint density at radius 1 is 0.477 bits per heavy atom. The van der Waals surface area contributed by atoms with Gasteiger partial charge < -0.3 is 10.2 Å². The van der Waals surface area contributed by atoms with Gasteiger partial charge in [0.1, 0.15) is 0 Å². The van der Waals surface area contributed by atoms with E-state index in [1.165, 1.54) is 110 Å². The number of carbonyl (C=O) groups is 2. The van der Waals surface area contributed by atoms with E-state index in [-0.39, 0.29) is 24.7 Å². The molecule has 0 spiro atoms. The van der Waals surface area contributed by atoms with Crippen LogP contribution >= 0.6 is 0 Å². The normalized spacial score (nSPS) is 13.2. The monoisotopic (exact) mass is 620 g/mol. The Kier molecular flexibility index (Phi) is 31.8. The van der Waals surface area contributed by atoms with Crippen LogP contribution in [0.25, 0.3) is 0 Å². The summed E-state index contributed by atoms with van der Waals surface area (Å²) in [7, 11) is 0. The Morgan fingerprint density at radius 3 is 1.05 bits per heavy atom. The van der Waals surface area contributed by atoms with Crippen LogP contribution in [0.2, 0.25) is 0 Å². The molecule has 2 atom stereocenters. The summed E-state index contributed by atoms with van der Waals surface area (Å²) in [4.78, 5) is 26.6. The molecule has 0 aromatic heterocycles. The Bertz CT molecular complexity index is 650. The maximum absolute atomic E-state index is 12.8. The first-order chi connectivity index (χ1) is 21.5. The lowest BCUT2D eigenvalue weighted by molar-refractivity contribution is -0.163. The summed E-state index contributed by atoms with van der Waals surface area (Å²) in [5.74, 6) is -0.734. The second-order valence-electron chi connectivity index (χ2n) is 13.0. The zero-order chi connectivity index (χ0) is 32.5. The average molecular weight is 620 g/mol. The fraction of sp³-hybridized carbons (Fsp3) is 0.846. The molecule has 0 aromatic carbocycles. The van der Waals surface area contributed by atoms with Crippen molar-refractivity contribution in [3.63, 3.8) is 0 Å². The molecule has 5 heteroatoms. The van der Waals surface area contributed by atoms with Gasteiger partial charge in [0.25, 0.3) is 0 Å². The molecule has 0 aliphatic carbocycles. The van der Waals surface area contributed by atoms with Gasteiger partial charge in [-0.2, -0.15) is 0 Å². The number of hydrogen-bond donors (Lipinski definition) is 2. The van der Waals surface area contributed by atoms with Crippen LogP contribution in [0.4, 0.5) is 0 Å². The largest absolute Gasteiger partial charge is 0.389 e. The number of aliphatic hydroxyl groups is 2. The number of carbonyl (C=O) groups excluding carboxylic acids is 2. The SMILES string of the molecule is CCCCCCCC/C=C\CCCCCCCC(=O)N(C(=O)CCCCCCC/C=C\CCCCCCCC)C(O)C(C)O. The molecule has 0 saturated carbocycles. The number of nitrogens with zero attached hydrogens (tertiary/aromatic N) is 1. The van der Waals surface area contributed by atoms with E-state index in [1.807, 2.05) is 0 Å². The van der Waals surface area contributed by atoms with Gasteiger partial charge in [0.15, 0.2) is 6.23 Å². The summed E-state index contributed by atoms with van der Waals surface area (Å²) in [6.07, 6.45) is 37.9. The minimum Gasteiger partial charge on any atom is -0.389 e. The summed E-state index contributed by atoms with van der Waals surface area (Å²) < 4.78 is 0. The van der Waals surface area contributed by atoms with Crippen LogP contribution in [0, 0.1) is 0 Å². The quantitative estimate of drug-likeness (QED) is 0.0446. The van der Waals surface area contributed by atoms with E-state index >= 15 is 0 Å². The van der Waals surface area contributed by atoms with E-state index in [9.17, 15) is 19.8 Å².